The summed E-state index contributed by atoms with van der Waals surface area (Å²) in [6, 6.07) is 0.646. The maximum Gasteiger partial charge on any atom is 0.0352 e. The van der Waals surface area contributed by atoms with Crippen LogP contribution in [0, 0.1) is 0 Å². The average molecular weight is 227 g/mol. The van der Waals surface area contributed by atoms with Crippen LogP contribution in [0.4, 0.5) is 0 Å². The molecule has 0 bridgehead atoms. The molecule has 0 saturated carbocycles. The molecule has 16 heavy (non-hydrogen) atoms. The van der Waals surface area contributed by atoms with Crippen molar-refractivity contribution >= 4 is 0 Å². The molecule has 0 aromatic heterocycles. The van der Waals surface area contributed by atoms with E-state index in [2.05, 4.69) is 50.0 Å². The summed E-state index contributed by atoms with van der Waals surface area (Å²) in [5.41, 5.74) is 0.336. The lowest BCUT2D eigenvalue weighted by atomic mass is 9.96. The molecule has 1 aliphatic rings. The van der Waals surface area contributed by atoms with E-state index in [4.69, 9.17) is 0 Å². The third kappa shape index (κ3) is 3.44. The minimum absolute atomic E-state index is 0.336. The van der Waals surface area contributed by atoms with E-state index < -0.39 is 0 Å². The number of likely N-dealkylation sites (N-methyl/N-ethyl adjacent to an activating group) is 2. The summed E-state index contributed by atoms with van der Waals surface area (Å²) in [5.74, 6) is 0. The molecule has 1 heterocycles. The van der Waals surface area contributed by atoms with Gasteiger partial charge in [-0.3, -0.25) is 4.90 Å². The zero-order valence-corrected chi connectivity index (χ0v) is 11.7. The van der Waals surface area contributed by atoms with Gasteiger partial charge in [-0.2, -0.15) is 0 Å². The fourth-order valence-corrected chi connectivity index (χ4v) is 2.79. The zero-order valence-electron chi connectivity index (χ0n) is 11.7. The van der Waals surface area contributed by atoms with Crippen LogP contribution in [0.25, 0.3) is 0 Å². The topological polar surface area (TPSA) is 18.5 Å². The molecule has 1 fully saturated rings. The monoisotopic (exact) mass is 227 g/mol. The zero-order chi connectivity index (χ0) is 12.2. The Kier molecular flexibility index (Phi) is 5.22. The fraction of sp³-hybridized carbons (Fsp3) is 1.00. The molecular weight excluding hydrogens is 198 g/mol. The number of hydrogen-bond donors (Lipinski definition) is 1. The Hall–Kier alpha value is -0.120. The normalized spacial score (nSPS) is 27.9. The number of nitrogens with zero attached hydrogens (tertiary/aromatic N) is 2. The first-order chi connectivity index (χ1) is 7.51. The van der Waals surface area contributed by atoms with Crippen molar-refractivity contribution in [2.45, 2.75) is 45.2 Å². The van der Waals surface area contributed by atoms with Gasteiger partial charge in [0.25, 0.3) is 0 Å². The van der Waals surface area contributed by atoms with Crippen molar-refractivity contribution in [1.29, 1.82) is 0 Å². The van der Waals surface area contributed by atoms with E-state index in [1.54, 1.807) is 0 Å². The second kappa shape index (κ2) is 5.99. The summed E-state index contributed by atoms with van der Waals surface area (Å²) in [4.78, 5) is 5.17. The largest absolute Gasteiger partial charge is 0.318 e. The fourth-order valence-electron chi connectivity index (χ4n) is 2.79. The summed E-state index contributed by atoms with van der Waals surface area (Å²) in [6.07, 6.45) is 2.51. The molecule has 3 heteroatoms. The van der Waals surface area contributed by atoms with Crippen LogP contribution in [-0.2, 0) is 0 Å². The molecule has 1 N–H and O–H groups in total. The summed E-state index contributed by atoms with van der Waals surface area (Å²) < 4.78 is 0. The second-order valence-corrected chi connectivity index (χ2v) is 5.73. The van der Waals surface area contributed by atoms with Crippen molar-refractivity contribution in [1.82, 2.24) is 15.1 Å². The molecule has 1 unspecified atom stereocenters. The molecule has 0 aliphatic carbocycles. The van der Waals surface area contributed by atoms with Gasteiger partial charge >= 0.3 is 0 Å². The SMILES string of the molecule is CCCN1C(CNC)CN(C)CCC1(C)C. The molecule has 96 valence electrons. The van der Waals surface area contributed by atoms with Crippen LogP contribution in [0.5, 0.6) is 0 Å². The van der Waals surface area contributed by atoms with Crippen molar-refractivity contribution in [3.05, 3.63) is 0 Å². The van der Waals surface area contributed by atoms with Crippen LogP contribution < -0.4 is 5.32 Å². The first kappa shape index (κ1) is 13.9. The van der Waals surface area contributed by atoms with E-state index >= 15 is 0 Å². The lowest BCUT2D eigenvalue weighted by molar-refractivity contribution is 0.0756. The molecule has 0 aromatic carbocycles. The van der Waals surface area contributed by atoms with Crippen molar-refractivity contribution in [2.75, 3.05) is 40.3 Å². The highest BCUT2D eigenvalue weighted by molar-refractivity contribution is 4.92. The highest BCUT2D eigenvalue weighted by Gasteiger charge is 2.34. The van der Waals surface area contributed by atoms with Gasteiger partial charge in [0, 0.05) is 24.7 Å². The third-order valence-corrected chi connectivity index (χ3v) is 3.75. The Morgan fingerprint density at radius 2 is 2.06 bits per heavy atom. The molecule has 0 radical (unpaired) electrons. The highest BCUT2D eigenvalue weighted by Crippen LogP contribution is 2.25. The first-order valence-electron chi connectivity index (χ1n) is 6.61. The molecule has 1 aliphatic heterocycles. The molecular formula is C13H29N3. The van der Waals surface area contributed by atoms with Gasteiger partial charge in [0.1, 0.15) is 0 Å². The van der Waals surface area contributed by atoms with Gasteiger partial charge in [-0.15, -0.1) is 0 Å². The lowest BCUT2D eigenvalue weighted by Gasteiger charge is -2.42. The second-order valence-electron chi connectivity index (χ2n) is 5.73. The van der Waals surface area contributed by atoms with Crippen LogP contribution in [0.1, 0.15) is 33.6 Å². The number of nitrogens with one attached hydrogen (secondary N) is 1. The van der Waals surface area contributed by atoms with E-state index in [1.165, 1.54) is 32.5 Å². The van der Waals surface area contributed by atoms with Crippen LogP contribution in [-0.4, -0.2) is 61.7 Å². The van der Waals surface area contributed by atoms with Crippen molar-refractivity contribution in [3.8, 4) is 0 Å². The Morgan fingerprint density at radius 1 is 1.38 bits per heavy atom. The third-order valence-electron chi connectivity index (χ3n) is 3.75. The molecule has 3 nitrogen and oxygen atoms in total. The van der Waals surface area contributed by atoms with Gasteiger partial charge in [0.2, 0.25) is 0 Å². The van der Waals surface area contributed by atoms with E-state index in [-0.39, 0.29) is 0 Å². The van der Waals surface area contributed by atoms with Gasteiger partial charge < -0.3 is 10.2 Å². The Labute approximate surface area is 101 Å². The number of hydrogen-bond acceptors (Lipinski definition) is 3. The van der Waals surface area contributed by atoms with Gasteiger partial charge in [0.05, 0.1) is 0 Å². The maximum atomic E-state index is 3.34. The Bertz CT molecular complexity index is 203. The minimum Gasteiger partial charge on any atom is -0.318 e. The molecule has 1 atom stereocenters. The predicted octanol–water partition coefficient (Wildman–Crippen LogP) is 1.40. The summed E-state index contributed by atoms with van der Waals surface area (Å²) in [6.45, 7) is 11.8. The number of rotatable bonds is 4. The van der Waals surface area contributed by atoms with Crippen molar-refractivity contribution in [3.63, 3.8) is 0 Å². The van der Waals surface area contributed by atoms with E-state index in [9.17, 15) is 0 Å². The van der Waals surface area contributed by atoms with E-state index in [0.29, 0.717) is 11.6 Å². The van der Waals surface area contributed by atoms with E-state index in [1.807, 2.05) is 0 Å². The minimum atomic E-state index is 0.336. The van der Waals surface area contributed by atoms with Crippen LogP contribution in [0.2, 0.25) is 0 Å². The van der Waals surface area contributed by atoms with Crippen LogP contribution in [0.3, 0.4) is 0 Å². The standard InChI is InChI=1S/C13H29N3/c1-6-8-16-12(10-14-4)11-15(5)9-7-13(16,2)3/h12,14H,6-11H2,1-5H3. The molecule has 0 amide bonds. The maximum absolute atomic E-state index is 3.34. The summed E-state index contributed by atoms with van der Waals surface area (Å²) in [7, 11) is 4.30. The van der Waals surface area contributed by atoms with Crippen molar-refractivity contribution in [2.24, 2.45) is 0 Å². The van der Waals surface area contributed by atoms with Crippen LogP contribution in [0.15, 0.2) is 0 Å². The van der Waals surface area contributed by atoms with Gasteiger partial charge in [-0.05, 0) is 53.9 Å². The first-order valence-corrected chi connectivity index (χ1v) is 6.61. The predicted molar refractivity (Wildman–Crippen MR) is 70.9 cm³/mol. The van der Waals surface area contributed by atoms with Crippen molar-refractivity contribution < 1.29 is 0 Å². The molecule has 0 spiro atoms. The summed E-state index contributed by atoms with van der Waals surface area (Å²) in [5, 5.41) is 3.34. The smallest absolute Gasteiger partial charge is 0.0352 e. The average Bonchev–Trinajstić information content (AvgIpc) is 2.31. The molecule has 1 saturated heterocycles. The molecule has 1 rings (SSSR count). The van der Waals surface area contributed by atoms with Crippen LogP contribution >= 0.6 is 0 Å². The lowest BCUT2D eigenvalue weighted by Crippen LogP contribution is -2.54. The van der Waals surface area contributed by atoms with Gasteiger partial charge in [0.15, 0.2) is 0 Å². The summed E-state index contributed by atoms with van der Waals surface area (Å²) >= 11 is 0. The Morgan fingerprint density at radius 3 is 2.62 bits per heavy atom. The quantitative estimate of drug-likeness (QED) is 0.783. The Balaban J connectivity index is 2.80. The van der Waals surface area contributed by atoms with Gasteiger partial charge in [-0.25, -0.2) is 0 Å². The highest BCUT2D eigenvalue weighted by atomic mass is 15.3. The van der Waals surface area contributed by atoms with E-state index in [0.717, 1.165) is 6.54 Å². The molecule has 0 aromatic rings. The van der Waals surface area contributed by atoms with Gasteiger partial charge in [-0.1, -0.05) is 6.92 Å².